The quantitative estimate of drug-likeness (QED) is 0.428. The third-order valence-electron chi connectivity index (χ3n) is 6.21. The second-order valence-corrected chi connectivity index (χ2v) is 8.58. The van der Waals surface area contributed by atoms with Crippen molar-refractivity contribution in [3.8, 4) is 17.5 Å². The number of fused-ring (bicyclic) bond motifs is 1. The van der Waals surface area contributed by atoms with Crippen molar-refractivity contribution in [1.82, 2.24) is 19.3 Å². The number of carbonyl (C=O) groups excluding carboxylic acids is 1. The summed E-state index contributed by atoms with van der Waals surface area (Å²) in [5, 5.41) is 21.3. The Kier molecular flexibility index (Phi) is 6.74. The third kappa shape index (κ3) is 4.75. The predicted octanol–water partition coefficient (Wildman–Crippen LogP) is 5.05. The lowest BCUT2D eigenvalue weighted by Crippen LogP contribution is -2.13. The van der Waals surface area contributed by atoms with Gasteiger partial charge in [0.1, 0.15) is 17.5 Å². The van der Waals surface area contributed by atoms with Crippen LogP contribution in [-0.2, 0) is 24.3 Å². The minimum absolute atomic E-state index is 0.0773. The lowest BCUT2D eigenvalue weighted by Gasteiger charge is -2.09. The normalized spacial score (nSPS) is 13.8. The molecule has 0 unspecified atom stereocenters. The van der Waals surface area contributed by atoms with E-state index in [0.717, 1.165) is 72.9 Å². The molecule has 1 N–H and O–H groups in total. The summed E-state index contributed by atoms with van der Waals surface area (Å²) < 4.78 is 4.39. The summed E-state index contributed by atoms with van der Waals surface area (Å²) in [6.45, 7) is 8.02. The summed E-state index contributed by atoms with van der Waals surface area (Å²) in [6, 6.07) is 11.7. The maximum Gasteiger partial charge on any atom is 0.266 e. The molecule has 7 nitrogen and oxygen atoms in total. The molecule has 0 saturated heterocycles. The Labute approximate surface area is 194 Å². The summed E-state index contributed by atoms with van der Waals surface area (Å²) in [5.74, 6) is 1.42. The minimum Gasteiger partial charge on any atom is -0.349 e. The highest BCUT2D eigenvalue weighted by Crippen LogP contribution is 2.25. The van der Waals surface area contributed by atoms with Crippen molar-refractivity contribution in [3.05, 3.63) is 58.7 Å². The fourth-order valence-corrected chi connectivity index (χ4v) is 4.48. The number of hydrogen-bond acceptors (Lipinski definition) is 4. The number of hydrogen-bond donors (Lipinski definition) is 1. The Bertz CT molecular complexity index is 1240. The Morgan fingerprint density at radius 2 is 2.06 bits per heavy atom. The van der Waals surface area contributed by atoms with Crippen molar-refractivity contribution >= 4 is 17.7 Å². The zero-order valence-electron chi connectivity index (χ0n) is 19.6. The first kappa shape index (κ1) is 22.5. The average molecular weight is 443 g/mol. The van der Waals surface area contributed by atoms with Crippen LogP contribution in [0.3, 0.4) is 0 Å². The average Bonchev–Trinajstić information content (AvgIpc) is 3.22. The van der Waals surface area contributed by atoms with Gasteiger partial charge in [0.25, 0.3) is 5.91 Å². The molecule has 0 spiro atoms. The molecule has 3 aromatic rings. The molecular formula is C26H30N6O. The van der Waals surface area contributed by atoms with Gasteiger partial charge < -0.3 is 14.5 Å². The van der Waals surface area contributed by atoms with Gasteiger partial charge in [-0.25, -0.2) is 0 Å². The standard InChI is InChI=1S/C26H30N6O/c1-4-12-31-18(2)14-21(19(31)3)15-22(17-27)26(33)28-23-10-8-9-20(16-23)25-30-29-24-11-6-5-7-13-32(24)25/h8-10,14-16H,4-7,11-13H2,1-3H3,(H,28,33)/b22-15+. The van der Waals surface area contributed by atoms with Gasteiger partial charge in [-0.2, -0.15) is 5.26 Å². The van der Waals surface area contributed by atoms with Crippen molar-refractivity contribution < 1.29 is 4.79 Å². The highest BCUT2D eigenvalue weighted by Gasteiger charge is 2.17. The number of nitrogens with zero attached hydrogens (tertiary/aromatic N) is 5. The summed E-state index contributed by atoms with van der Waals surface area (Å²) in [7, 11) is 0. The first-order valence-electron chi connectivity index (χ1n) is 11.6. The van der Waals surface area contributed by atoms with E-state index < -0.39 is 5.91 Å². The first-order valence-corrected chi connectivity index (χ1v) is 11.6. The van der Waals surface area contributed by atoms with Gasteiger partial charge in [-0.15, -0.1) is 10.2 Å². The molecule has 1 amide bonds. The van der Waals surface area contributed by atoms with Crippen molar-refractivity contribution in [2.24, 2.45) is 0 Å². The Morgan fingerprint density at radius 3 is 2.85 bits per heavy atom. The topological polar surface area (TPSA) is 88.5 Å². The van der Waals surface area contributed by atoms with Crippen LogP contribution in [0.2, 0.25) is 0 Å². The van der Waals surface area contributed by atoms with Crippen molar-refractivity contribution in [3.63, 3.8) is 0 Å². The van der Waals surface area contributed by atoms with Crippen LogP contribution < -0.4 is 5.32 Å². The lowest BCUT2D eigenvalue weighted by atomic mass is 10.1. The van der Waals surface area contributed by atoms with Gasteiger partial charge in [0, 0.05) is 42.1 Å². The molecule has 0 saturated carbocycles. The number of aromatic nitrogens is 4. The van der Waals surface area contributed by atoms with E-state index in [1.807, 2.05) is 44.2 Å². The van der Waals surface area contributed by atoms with Crippen LogP contribution in [0.15, 0.2) is 35.9 Å². The van der Waals surface area contributed by atoms with Gasteiger partial charge in [0.2, 0.25) is 0 Å². The molecule has 0 aliphatic carbocycles. The zero-order chi connectivity index (χ0) is 23.4. The molecule has 33 heavy (non-hydrogen) atoms. The Balaban J connectivity index is 1.57. The lowest BCUT2D eigenvalue weighted by molar-refractivity contribution is -0.112. The van der Waals surface area contributed by atoms with E-state index in [9.17, 15) is 10.1 Å². The zero-order valence-corrected chi connectivity index (χ0v) is 19.6. The van der Waals surface area contributed by atoms with E-state index in [1.54, 1.807) is 6.08 Å². The molecule has 1 aromatic carbocycles. The molecule has 0 radical (unpaired) electrons. The van der Waals surface area contributed by atoms with E-state index in [4.69, 9.17) is 0 Å². The SMILES string of the molecule is CCCn1c(C)cc(/C=C(\C#N)C(=O)Nc2cccc(-c3nnc4n3CCCCC4)c2)c1C. The second kappa shape index (κ2) is 9.86. The van der Waals surface area contributed by atoms with E-state index in [1.165, 1.54) is 6.42 Å². The molecule has 0 fully saturated rings. The fourth-order valence-electron chi connectivity index (χ4n) is 4.48. The van der Waals surface area contributed by atoms with E-state index >= 15 is 0 Å². The van der Waals surface area contributed by atoms with Crippen molar-refractivity contribution in [2.45, 2.75) is 66.0 Å². The maximum atomic E-state index is 12.9. The fraction of sp³-hybridized carbons (Fsp3) is 0.385. The predicted molar refractivity (Wildman–Crippen MR) is 129 cm³/mol. The monoisotopic (exact) mass is 442 g/mol. The number of anilines is 1. The van der Waals surface area contributed by atoms with E-state index in [2.05, 4.69) is 37.6 Å². The van der Waals surface area contributed by atoms with Gasteiger partial charge in [-0.1, -0.05) is 25.5 Å². The highest BCUT2D eigenvalue weighted by atomic mass is 16.1. The van der Waals surface area contributed by atoms with Gasteiger partial charge in [0.05, 0.1) is 0 Å². The van der Waals surface area contributed by atoms with Gasteiger partial charge in [0.15, 0.2) is 5.82 Å². The molecule has 1 aliphatic heterocycles. The van der Waals surface area contributed by atoms with Crippen molar-refractivity contribution in [1.29, 1.82) is 5.26 Å². The summed E-state index contributed by atoms with van der Waals surface area (Å²) in [6.07, 6.45) is 7.09. The van der Waals surface area contributed by atoms with Crippen LogP contribution in [-0.4, -0.2) is 25.2 Å². The van der Waals surface area contributed by atoms with E-state index in [0.29, 0.717) is 5.69 Å². The second-order valence-electron chi connectivity index (χ2n) is 8.58. The number of benzene rings is 1. The summed E-state index contributed by atoms with van der Waals surface area (Å²) in [5.41, 5.74) is 4.68. The number of nitriles is 1. The third-order valence-corrected chi connectivity index (χ3v) is 6.21. The van der Waals surface area contributed by atoms with E-state index in [-0.39, 0.29) is 5.57 Å². The summed E-state index contributed by atoms with van der Waals surface area (Å²) >= 11 is 0. The van der Waals surface area contributed by atoms with Gasteiger partial charge in [-0.3, -0.25) is 4.79 Å². The molecule has 3 heterocycles. The van der Waals surface area contributed by atoms with Crippen LogP contribution in [0.1, 0.15) is 55.4 Å². The van der Waals surface area contributed by atoms with Crippen LogP contribution in [0.4, 0.5) is 5.69 Å². The van der Waals surface area contributed by atoms with Crippen LogP contribution in [0.5, 0.6) is 0 Å². The number of rotatable bonds is 6. The molecule has 7 heteroatoms. The molecule has 170 valence electrons. The number of nitrogens with one attached hydrogen (secondary N) is 1. The number of carbonyl (C=O) groups is 1. The molecule has 1 aliphatic rings. The molecule has 4 rings (SSSR count). The van der Waals surface area contributed by atoms with Crippen molar-refractivity contribution in [2.75, 3.05) is 5.32 Å². The largest absolute Gasteiger partial charge is 0.349 e. The number of aryl methyl sites for hydroxylation is 2. The van der Waals surface area contributed by atoms with Crippen LogP contribution in [0.25, 0.3) is 17.5 Å². The van der Waals surface area contributed by atoms with Gasteiger partial charge >= 0.3 is 0 Å². The summed E-state index contributed by atoms with van der Waals surface area (Å²) in [4.78, 5) is 12.9. The first-order chi connectivity index (χ1) is 16.0. The minimum atomic E-state index is -0.421. The van der Waals surface area contributed by atoms with Crippen LogP contribution in [0, 0.1) is 25.2 Å². The molecule has 2 aromatic heterocycles. The Morgan fingerprint density at radius 1 is 1.21 bits per heavy atom. The Hall–Kier alpha value is -3.66. The smallest absolute Gasteiger partial charge is 0.266 e. The molecular weight excluding hydrogens is 412 g/mol. The maximum absolute atomic E-state index is 12.9. The highest BCUT2D eigenvalue weighted by molar-refractivity contribution is 6.09. The molecule has 0 atom stereocenters. The number of amides is 1. The molecule has 0 bridgehead atoms. The van der Waals surface area contributed by atoms with Crippen LogP contribution >= 0.6 is 0 Å². The van der Waals surface area contributed by atoms with Gasteiger partial charge in [-0.05, 0) is 62.9 Å².